The van der Waals surface area contributed by atoms with E-state index in [0.29, 0.717) is 31.9 Å². The van der Waals surface area contributed by atoms with E-state index in [0.717, 1.165) is 6.07 Å². The molecule has 1 N–H and O–H groups in total. The van der Waals surface area contributed by atoms with Crippen molar-refractivity contribution in [1.82, 2.24) is 14.6 Å². The van der Waals surface area contributed by atoms with Gasteiger partial charge in [-0.3, -0.25) is 4.79 Å². The van der Waals surface area contributed by atoms with Crippen LogP contribution in [0.15, 0.2) is 29.2 Å². The summed E-state index contributed by atoms with van der Waals surface area (Å²) in [6.45, 7) is 6.26. The molecule has 7 nitrogen and oxygen atoms in total. The second-order valence-electron chi connectivity index (χ2n) is 7.92. The highest BCUT2D eigenvalue weighted by Crippen LogP contribution is 2.35. The van der Waals surface area contributed by atoms with E-state index in [1.807, 2.05) is 0 Å². The molecule has 0 aliphatic carbocycles. The molecule has 0 amide bonds. The van der Waals surface area contributed by atoms with Gasteiger partial charge in [0, 0.05) is 6.20 Å². The standard InChI is InChI=1S/C22H23F4N5O2/c1-12-15(5-4-6-17(12)22(24,25)26)13(2)27-20-16-11-31(30-7-9-33-10-8-30)21(32)18(23)19(16)28-14(3)29-20/h4-6,11,13H,7-10H2,1-3H3,(H,27,28,29)/t13-/m1/s1. The molecule has 0 spiro atoms. The van der Waals surface area contributed by atoms with E-state index < -0.39 is 29.2 Å². The van der Waals surface area contributed by atoms with Crippen molar-refractivity contribution in [2.24, 2.45) is 0 Å². The maximum atomic E-state index is 15.0. The molecule has 0 unspecified atom stereocenters. The molecule has 2 aromatic heterocycles. The first-order valence-corrected chi connectivity index (χ1v) is 10.4. The minimum atomic E-state index is -4.48. The van der Waals surface area contributed by atoms with Crippen LogP contribution in [0.1, 0.15) is 35.5 Å². The number of morpholine rings is 1. The maximum Gasteiger partial charge on any atom is 0.416 e. The zero-order chi connectivity index (χ0) is 23.9. The van der Waals surface area contributed by atoms with Gasteiger partial charge in [0.05, 0.1) is 43.3 Å². The Morgan fingerprint density at radius 1 is 1.15 bits per heavy atom. The van der Waals surface area contributed by atoms with Gasteiger partial charge >= 0.3 is 11.7 Å². The van der Waals surface area contributed by atoms with Crippen molar-refractivity contribution in [2.45, 2.75) is 33.0 Å². The van der Waals surface area contributed by atoms with Crippen molar-refractivity contribution < 1.29 is 22.3 Å². The van der Waals surface area contributed by atoms with E-state index >= 15 is 4.39 Å². The summed E-state index contributed by atoms with van der Waals surface area (Å²) in [6.07, 6.45) is -3.02. The third-order valence-electron chi connectivity index (χ3n) is 5.71. The highest BCUT2D eigenvalue weighted by Gasteiger charge is 2.33. The van der Waals surface area contributed by atoms with Crippen LogP contribution in [0, 0.1) is 19.7 Å². The van der Waals surface area contributed by atoms with E-state index in [1.54, 1.807) is 24.9 Å². The summed E-state index contributed by atoms with van der Waals surface area (Å²) in [5, 5.41) is 5.01. The molecule has 1 aliphatic rings. The number of fused-ring (bicyclic) bond motifs is 1. The molecule has 1 saturated heterocycles. The molecule has 1 aromatic carbocycles. The second-order valence-corrected chi connectivity index (χ2v) is 7.92. The van der Waals surface area contributed by atoms with Crippen LogP contribution in [0.3, 0.4) is 0 Å². The third-order valence-corrected chi connectivity index (χ3v) is 5.71. The average Bonchev–Trinajstić information content (AvgIpc) is 2.76. The fraction of sp³-hybridized carbons (Fsp3) is 0.409. The predicted molar refractivity (Wildman–Crippen MR) is 115 cm³/mol. The van der Waals surface area contributed by atoms with Gasteiger partial charge in [-0.05, 0) is 38.0 Å². The summed E-state index contributed by atoms with van der Waals surface area (Å²) in [5.74, 6) is -0.571. The summed E-state index contributed by atoms with van der Waals surface area (Å²) in [5.41, 5.74) is -1.18. The fourth-order valence-corrected chi connectivity index (χ4v) is 4.06. The van der Waals surface area contributed by atoms with Gasteiger partial charge in [0.1, 0.15) is 17.2 Å². The fourth-order valence-electron chi connectivity index (χ4n) is 4.06. The molecule has 4 rings (SSSR count). The number of ether oxygens (including phenoxy) is 1. The van der Waals surface area contributed by atoms with Crippen molar-refractivity contribution in [1.29, 1.82) is 0 Å². The van der Waals surface area contributed by atoms with Crippen LogP contribution in [0.2, 0.25) is 0 Å². The minimum Gasteiger partial charge on any atom is -0.378 e. The Kier molecular flexibility index (Phi) is 6.00. The first-order valence-electron chi connectivity index (χ1n) is 10.4. The molecule has 0 bridgehead atoms. The lowest BCUT2D eigenvalue weighted by molar-refractivity contribution is -0.138. The number of hydrogen-bond acceptors (Lipinski definition) is 6. The van der Waals surface area contributed by atoms with Crippen molar-refractivity contribution in [3.63, 3.8) is 0 Å². The Hall–Kier alpha value is -3.21. The van der Waals surface area contributed by atoms with Crippen molar-refractivity contribution in [3.05, 3.63) is 63.1 Å². The molecule has 1 atom stereocenters. The van der Waals surface area contributed by atoms with Crippen molar-refractivity contribution in [3.8, 4) is 0 Å². The van der Waals surface area contributed by atoms with Crippen LogP contribution in [0.4, 0.5) is 23.4 Å². The van der Waals surface area contributed by atoms with Gasteiger partial charge in [0.2, 0.25) is 5.82 Å². The number of aromatic nitrogens is 3. The molecule has 0 radical (unpaired) electrons. The van der Waals surface area contributed by atoms with Crippen LogP contribution in [-0.2, 0) is 10.9 Å². The normalized spacial score (nSPS) is 15.7. The van der Waals surface area contributed by atoms with E-state index in [1.165, 1.54) is 23.9 Å². The zero-order valence-corrected chi connectivity index (χ0v) is 18.3. The summed E-state index contributed by atoms with van der Waals surface area (Å²) < 4.78 is 61.6. The summed E-state index contributed by atoms with van der Waals surface area (Å²) in [7, 11) is 0. The van der Waals surface area contributed by atoms with Crippen LogP contribution in [0.5, 0.6) is 0 Å². The molecule has 3 aromatic rings. The molecule has 1 fully saturated rings. The van der Waals surface area contributed by atoms with Gasteiger partial charge in [-0.1, -0.05) is 12.1 Å². The highest BCUT2D eigenvalue weighted by atomic mass is 19.4. The minimum absolute atomic E-state index is 0.0940. The number of alkyl halides is 3. The molecule has 3 heterocycles. The summed E-state index contributed by atoms with van der Waals surface area (Å²) in [6, 6.07) is 3.40. The topological polar surface area (TPSA) is 72.3 Å². The van der Waals surface area contributed by atoms with Gasteiger partial charge in [-0.25, -0.2) is 14.6 Å². The van der Waals surface area contributed by atoms with Gasteiger partial charge in [-0.15, -0.1) is 0 Å². The number of aryl methyl sites for hydroxylation is 1. The predicted octanol–water partition coefficient (Wildman–Crippen LogP) is 3.71. The SMILES string of the molecule is Cc1nc(N[C@H](C)c2cccc(C(F)(F)F)c2C)c2cn(N3CCOCC3)c(=O)c(F)c2n1. The highest BCUT2D eigenvalue weighted by molar-refractivity contribution is 5.89. The lowest BCUT2D eigenvalue weighted by Gasteiger charge is -2.30. The lowest BCUT2D eigenvalue weighted by atomic mass is 9.97. The molecule has 33 heavy (non-hydrogen) atoms. The maximum absolute atomic E-state index is 15.0. The van der Waals surface area contributed by atoms with Gasteiger partial charge < -0.3 is 15.1 Å². The number of rotatable bonds is 4. The van der Waals surface area contributed by atoms with Crippen LogP contribution >= 0.6 is 0 Å². The number of hydrogen-bond donors (Lipinski definition) is 1. The van der Waals surface area contributed by atoms with Gasteiger partial charge in [-0.2, -0.15) is 17.6 Å². The first-order chi connectivity index (χ1) is 15.6. The second kappa shape index (κ2) is 8.62. The summed E-state index contributed by atoms with van der Waals surface area (Å²) >= 11 is 0. The average molecular weight is 465 g/mol. The number of anilines is 1. The van der Waals surface area contributed by atoms with Crippen molar-refractivity contribution in [2.75, 3.05) is 36.6 Å². The lowest BCUT2D eigenvalue weighted by Crippen LogP contribution is -2.49. The Balaban J connectivity index is 1.79. The van der Waals surface area contributed by atoms with Crippen LogP contribution in [-0.4, -0.2) is 40.9 Å². The molecule has 11 heteroatoms. The van der Waals surface area contributed by atoms with E-state index in [4.69, 9.17) is 4.74 Å². The smallest absolute Gasteiger partial charge is 0.378 e. The molecular weight excluding hydrogens is 442 g/mol. The van der Waals surface area contributed by atoms with Crippen LogP contribution in [0.25, 0.3) is 10.9 Å². The Morgan fingerprint density at radius 2 is 1.85 bits per heavy atom. The Labute approximate surface area is 187 Å². The summed E-state index contributed by atoms with van der Waals surface area (Å²) in [4.78, 5) is 21.1. The van der Waals surface area contributed by atoms with Crippen LogP contribution < -0.4 is 15.9 Å². The number of nitrogens with zero attached hydrogens (tertiary/aromatic N) is 4. The monoisotopic (exact) mass is 465 g/mol. The Morgan fingerprint density at radius 3 is 2.52 bits per heavy atom. The molecule has 1 aliphatic heterocycles. The third kappa shape index (κ3) is 4.37. The number of pyridine rings is 1. The van der Waals surface area contributed by atoms with Crippen molar-refractivity contribution >= 4 is 16.7 Å². The largest absolute Gasteiger partial charge is 0.416 e. The quantitative estimate of drug-likeness (QED) is 0.593. The number of halogens is 4. The van der Waals surface area contributed by atoms with Gasteiger partial charge in [0.15, 0.2) is 0 Å². The molecular formula is C22H23F4N5O2. The van der Waals surface area contributed by atoms with E-state index in [-0.39, 0.29) is 28.1 Å². The molecule has 176 valence electrons. The van der Waals surface area contributed by atoms with E-state index in [9.17, 15) is 18.0 Å². The number of nitrogens with one attached hydrogen (secondary N) is 1. The van der Waals surface area contributed by atoms with Gasteiger partial charge in [0.25, 0.3) is 0 Å². The van der Waals surface area contributed by atoms with E-state index in [2.05, 4.69) is 15.3 Å². The Bertz CT molecular complexity index is 1250. The first kappa shape index (κ1) is 23.0. The zero-order valence-electron chi connectivity index (χ0n) is 18.3. The number of benzene rings is 1. The molecule has 0 saturated carbocycles.